The molecule has 0 saturated carbocycles. The molecule has 4 N–H and O–H groups in total. The maximum Gasteiger partial charge on any atom is 0.166 e. The normalized spacial score (nSPS) is 10.0. The van der Waals surface area contributed by atoms with Gasteiger partial charge in [0, 0.05) is 26.7 Å². The van der Waals surface area contributed by atoms with Crippen LogP contribution >= 0.6 is 28.1 Å². The van der Waals surface area contributed by atoms with Gasteiger partial charge in [-0.15, -0.1) is 0 Å². The second-order valence-electron chi connectivity index (χ2n) is 2.85. The quantitative estimate of drug-likeness (QED) is 0.466. The van der Waals surface area contributed by atoms with Crippen LogP contribution in [-0.4, -0.2) is 35.2 Å². The number of halogens is 1. The van der Waals surface area contributed by atoms with E-state index in [0.29, 0.717) is 5.11 Å². The number of nitrogens with zero attached hydrogens (tertiary/aromatic N) is 1. The summed E-state index contributed by atoms with van der Waals surface area (Å²) < 4.78 is 0.855. The van der Waals surface area contributed by atoms with Crippen molar-refractivity contribution in [3.63, 3.8) is 0 Å². The Morgan fingerprint density at radius 3 is 3.00 bits per heavy atom. The first-order valence-electron chi connectivity index (χ1n) is 4.58. The lowest BCUT2D eigenvalue weighted by atomic mass is 10.4. The number of rotatable bonds is 5. The fourth-order valence-corrected chi connectivity index (χ4v) is 1.45. The van der Waals surface area contributed by atoms with Gasteiger partial charge in [-0.2, -0.15) is 0 Å². The van der Waals surface area contributed by atoms with E-state index in [9.17, 15) is 0 Å². The fourth-order valence-electron chi connectivity index (χ4n) is 0.994. The van der Waals surface area contributed by atoms with Gasteiger partial charge in [0.05, 0.1) is 12.0 Å². The predicted octanol–water partition coefficient (Wildman–Crippen LogP) is 0.356. The van der Waals surface area contributed by atoms with E-state index in [4.69, 9.17) is 12.2 Å². The summed E-state index contributed by atoms with van der Waals surface area (Å²) in [5.41, 5.74) is 1.05. The van der Waals surface area contributed by atoms with Crippen LogP contribution < -0.4 is 16.0 Å². The van der Waals surface area contributed by atoms with Crippen LogP contribution in [0.1, 0.15) is 5.69 Å². The van der Waals surface area contributed by atoms with Crippen molar-refractivity contribution in [2.75, 3.05) is 20.1 Å². The second kappa shape index (κ2) is 6.76. The van der Waals surface area contributed by atoms with Crippen LogP contribution in [-0.2, 0) is 6.54 Å². The zero-order valence-corrected chi connectivity index (χ0v) is 10.8. The third-order valence-corrected chi connectivity index (χ3v) is 2.81. The lowest BCUT2D eigenvalue weighted by Crippen LogP contribution is -2.37. The van der Waals surface area contributed by atoms with Gasteiger partial charge in [-0.3, -0.25) is 0 Å². The molecule has 0 amide bonds. The summed E-state index contributed by atoms with van der Waals surface area (Å²) in [4.78, 5) is 7.07. The van der Waals surface area contributed by atoms with Gasteiger partial charge in [-0.05, 0) is 28.1 Å². The molecule has 0 radical (unpaired) electrons. The molecule has 0 unspecified atom stereocenters. The number of imidazole rings is 1. The van der Waals surface area contributed by atoms with E-state index in [1.165, 1.54) is 0 Å². The Balaban J connectivity index is 2.07. The molecule has 0 aromatic carbocycles. The summed E-state index contributed by atoms with van der Waals surface area (Å²) in [5, 5.41) is 9.82. The van der Waals surface area contributed by atoms with Crippen molar-refractivity contribution in [2.45, 2.75) is 6.54 Å². The van der Waals surface area contributed by atoms with E-state index in [-0.39, 0.29) is 0 Å². The number of hydrogen-bond acceptors (Lipinski definition) is 3. The van der Waals surface area contributed by atoms with Crippen molar-refractivity contribution in [2.24, 2.45) is 0 Å². The van der Waals surface area contributed by atoms with E-state index in [1.807, 2.05) is 0 Å². The Morgan fingerprint density at radius 2 is 2.40 bits per heavy atom. The smallest absolute Gasteiger partial charge is 0.166 e. The summed E-state index contributed by atoms with van der Waals surface area (Å²) in [6.07, 6.45) is 1.66. The van der Waals surface area contributed by atoms with Crippen LogP contribution in [0.5, 0.6) is 0 Å². The minimum absolute atomic E-state index is 0.666. The van der Waals surface area contributed by atoms with E-state index >= 15 is 0 Å². The molecule has 0 aliphatic rings. The monoisotopic (exact) mass is 291 g/mol. The highest BCUT2D eigenvalue weighted by atomic mass is 79.9. The number of aromatic nitrogens is 2. The Bertz CT molecular complexity index is 314. The van der Waals surface area contributed by atoms with Crippen LogP contribution in [0.2, 0.25) is 0 Å². The SMILES string of the molecule is CNC(=S)NCCNCc1[nH]cnc1Br. The molecule has 0 atom stereocenters. The second-order valence-corrected chi connectivity index (χ2v) is 4.01. The molecular weight excluding hydrogens is 278 g/mol. The van der Waals surface area contributed by atoms with E-state index in [0.717, 1.165) is 29.9 Å². The summed E-state index contributed by atoms with van der Waals surface area (Å²) >= 11 is 8.27. The molecule has 84 valence electrons. The molecule has 0 aliphatic heterocycles. The number of H-pyrrole nitrogens is 1. The molecule has 15 heavy (non-hydrogen) atoms. The summed E-state index contributed by atoms with van der Waals surface area (Å²) in [6.45, 7) is 2.40. The highest BCUT2D eigenvalue weighted by molar-refractivity contribution is 9.10. The van der Waals surface area contributed by atoms with E-state index < -0.39 is 0 Å². The van der Waals surface area contributed by atoms with Crippen LogP contribution in [0.4, 0.5) is 0 Å². The molecule has 0 bridgehead atoms. The van der Waals surface area contributed by atoms with Crippen LogP contribution in [0, 0.1) is 0 Å². The van der Waals surface area contributed by atoms with Gasteiger partial charge in [0.2, 0.25) is 0 Å². The van der Waals surface area contributed by atoms with Crippen molar-refractivity contribution in [1.29, 1.82) is 0 Å². The molecule has 0 spiro atoms. The molecule has 1 heterocycles. The number of aromatic amines is 1. The van der Waals surface area contributed by atoms with Gasteiger partial charge >= 0.3 is 0 Å². The van der Waals surface area contributed by atoms with Crippen molar-refractivity contribution in [3.05, 3.63) is 16.6 Å². The minimum Gasteiger partial charge on any atom is -0.366 e. The zero-order valence-electron chi connectivity index (χ0n) is 8.43. The summed E-state index contributed by atoms with van der Waals surface area (Å²) in [7, 11) is 1.80. The largest absolute Gasteiger partial charge is 0.366 e. The first-order valence-corrected chi connectivity index (χ1v) is 5.78. The van der Waals surface area contributed by atoms with Crippen LogP contribution in [0.3, 0.4) is 0 Å². The van der Waals surface area contributed by atoms with Gasteiger partial charge < -0.3 is 20.9 Å². The van der Waals surface area contributed by atoms with Gasteiger partial charge in [0.25, 0.3) is 0 Å². The van der Waals surface area contributed by atoms with Gasteiger partial charge in [-0.1, -0.05) is 0 Å². The van der Waals surface area contributed by atoms with E-state index in [1.54, 1.807) is 13.4 Å². The Labute approximate surface area is 103 Å². The molecule has 0 fully saturated rings. The summed E-state index contributed by atoms with van der Waals surface area (Å²) in [6, 6.07) is 0. The Morgan fingerprint density at radius 1 is 1.60 bits per heavy atom. The van der Waals surface area contributed by atoms with Crippen molar-refractivity contribution >= 4 is 33.3 Å². The summed E-state index contributed by atoms with van der Waals surface area (Å²) in [5.74, 6) is 0. The molecule has 1 aromatic heterocycles. The standard InChI is InChI=1S/C8H14BrN5S/c1-10-8(15)12-3-2-11-4-6-7(9)14-5-13-6/h5,11H,2-4H2,1H3,(H,13,14)(H2,10,12,15). The van der Waals surface area contributed by atoms with Gasteiger partial charge in [0.15, 0.2) is 5.11 Å². The average molecular weight is 292 g/mol. The van der Waals surface area contributed by atoms with Crippen LogP contribution in [0.15, 0.2) is 10.9 Å². The zero-order chi connectivity index (χ0) is 11.1. The lowest BCUT2D eigenvalue weighted by molar-refractivity contribution is 0.660. The number of nitrogens with one attached hydrogen (secondary N) is 4. The van der Waals surface area contributed by atoms with Crippen molar-refractivity contribution < 1.29 is 0 Å². The number of thiocarbonyl (C=S) groups is 1. The van der Waals surface area contributed by atoms with Gasteiger partial charge in [0.1, 0.15) is 4.60 Å². The van der Waals surface area contributed by atoms with Crippen molar-refractivity contribution in [3.8, 4) is 0 Å². The van der Waals surface area contributed by atoms with E-state index in [2.05, 4.69) is 41.8 Å². The van der Waals surface area contributed by atoms with Gasteiger partial charge in [-0.25, -0.2) is 4.98 Å². The molecule has 5 nitrogen and oxygen atoms in total. The first kappa shape index (κ1) is 12.4. The molecule has 0 saturated heterocycles. The highest BCUT2D eigenvalue weighted by Crippen LogP contribution is 2.09. The molecule has 1 rings (SSSR count). The topological polar surface area (TPSA) is 64.8 Å². The highest BCUT2D eigenvalue weighted by Gasteiger charge is 2.00. The average Bonchev–Trinajstić information content (AvgIpc) is 2.63. The number of hydrogen-bond donors (Lipinski definition) is 4. The maximum atomic E-state index is 4.93. The maximum absolute atomic E-state index is 4.93. The van der Waals surface area contributed by atoms with Crippen molar-refractivity contribution in [1.82, 2.24) is 25.9 Å². The molecular formula is C8H14BrN5S. The third kappa shape index (κ3) is 4.59. The minimum atomic E-state index is 0.666. The molecule has 1 aromatic rings. The predicted molar refractivity (Wildman–Crippen MR) is 67.7 cm³/mol. The third-order valence-electron chi connectivity index (χ3n) is 1.78. The first-order chi connectivity index (χ1) is 7.24. The molecule has 0 aliphatic carbocycles. The fraction of sp³-hybridized carbons (Fsp3) is 0.500. The Hall–Kier alpha value is -0.660. The lowest BCUT2D eigenvalue weighted by Gasteiger charge is -2.07. The molecule has 7 heteroatoms. The van der Waals surface area contributed by atoms with Crippen LogP contribution in [0.25, 0.3) is 0 Å². The Kier molecular flexibility index (Phi) is 5.59.